The van der Waals surface area contributed by atoms with Gasteiger partial charge in [-0.05, 0) is 24.3 Å². The van der Waals surface area contributed by atoms with Gasteiger partial charge in [-0.25, -0.2) is 9.78 Å². The summed E-state index contributed by atoms with van der Waals surface area (Å²) in [6.45, 7) is 0. The van der Waals surface area contributed by atoms with Gasteiger partial charge in [0.05, 0.1) is 23.9 Å². The van der Waals surface area contributed by atoms with Crippen molar-refractivity contribution in [3.8, 4) is 21.8 Å². The zero-order chi connectivity index (χ0) is 18.0. The van der Waals surface area contributed by atoms with Crippen LogP contribution in [0.4, 0.5) is 13.2 Å². The van der Waals surface area contributed by atoms with Crippen LogP contribution in [0.5, 0.6) is 0 Å². The molecule has 0 aliphatic heterocycles. The van der Waals surface area contributed by atoms with Crippen LogP contribution < -0.4 is 0 Å². The molecular formula is C18H12F3NO2S. The molecule has 0 saturated heterocycles. The van der Waals surface area contributed by atoms with Crippen LogP contribution in [0.25, 0.3) is 21.8 Å². The zero-order valence-corrected chi connectivity index (χ0v) is 13.8. The number of hydrogen-bond donors (Lipinski definition) is 0. The van der Waals surface area contributed by atoms with Crippen LogP contribution >= 0.6 is 11.3 Å². The molecule has 0 unspecified atom stereocenters. The lowest BCUT2D eigenvalue weighted by Gasteiger charge is -2.07. The number of halogens is 3. The van der Waals surface area contributed by atoms with E-state index in [-0.39, 0.29) is 0 Å². The number of rotatable bonds is 3. The van der Waals surface area contributed by atoms with Crippen LogP contribution in [0.1, 0.15) is 15.9 Å². The minimum absolute atomic E-state index is 0.406. The third-order valence-corrected chi connectivity index (χ3v) is 4.43. The Kier molecular flexibility index (Phi) is 4.59. The monoisotopic (exact) mass is 363 g/mol. The van der Waals surface area contributed by atoms with E-state index in [4.69, 9.17) is 0 Å². The molecule has 0 N–H and O–H groups in total. The predicted molar refractivity (Wildman–Crippen MR) is 89.3 cm³/mol. The van der Waals surface area contributed by atoms with E-state index in [1.807, 2.05) is 0 Å². The summed E-state index contributed by atoms with van der Waals surface area (Å²) in [7, 11) is 1.30. The summed E-state index contributed by atoms with van der Waals surface area (Å²) in [6, 6.07) is 11.7. The number of ether oxygens (including phenoxy) is 1. The summed E-state index contributed by atoms with van der Waals surface area (Å²) in [4.78, 5) is 15.8. The van der Waals surface area contributed by atoms with Crippen LogP contribution in [-0.4, -0.2) is 18.1 Å². The first-order valence-electron chi connectivity index (χ1n) is 7.20. The number of carbonyl (C=O) groups excluding carboxylic acids is 1. The third kappa shape index (κ3) is 3.71. The zero-order valence-electron chi connectivity index (χ0n) is 13.0. The number of esters is 1. The van der Waals surface area contributed by atoms with Gasteiger partial charge in [-0.1, -0.05) is 24.3 Å². The molecule has 7 heteroatoms. The second-order valence-corrected chi connectivity index (χ2v) is 6.04. The molecule has 3 aromatic rings. The van der Waals surface area contributed by atoms with Crippen LogP contribution in [0.3, 0.4) is 0 Å². The molecule has 0 radical (unpaired) electrons. The highest BCUT2D eigenvalue weighted by atomic mass is 32.1. The summed E-state index contributed by atoms with van der Waals surface area (Å²) in [5, 5.41) is 2.36. The smallest absolute Gasteiger partial charge is 0.416 e. The highest BCUT2D eigenvalue weighted by molar-refractivity contribution is 7.13. The number of alkyl halides is 3. The number of hydrogen-bond acceptors (Lipinski definition) is 4. The normalized spacial score (nSPS) is 11.4. The molecule has 3 rings (SSSR count). The molecule has 0 bridgehead atoms. The maximum atomic E-state index is 12.8. The van der Waals surface area contributed by atoms with Crippen molar-refractivity contribution in [3.05, 3.63) is 65.0 Å². The Morgan fingerprint density at radius 3 is 2.44 bits per heavy atom. The first-order chi connectivity index (χ1) is 11.9. The van der Waals surface area contributed by atoms with Crippen molar-refractivity contribution in [3.63, 3.8) is 0 Å². The molecule has 0 spiro atoms. The highest BCUT2D eigenvalue weighted by Crippen LogP contribution is 2.34. The summed E-state index contributed by atoms with van der Waals surface area (Å²) in [5.41, 5.74) is 1.37. The lowest BCUT2D eigenvalue weighted by Crippen LogP contribution is -2.04. The molecule has 0 fully saturated rings. The van der Waals surface area contributed by atoms with Crippen molar-refractivity contribution in [2.45, 2.75) is 6.18 Å². The lowest BCUT2D eigenvalue weighted by molar-refractivity contribution is -0.137. The lowest BCUT2D eigenvalue weighted by atomic mass is 10.1. The average Bonchev–Trinajstić information content (AvgIpc) is 3.11. The second kappa shape index (κ2) is 6.68. The van der Waals surface area contributed by atoms with Gasteiger partial charge in [0, 0.05) is 16.5 Å². The van der Waals surface area contributed by atoms with Crippen LogP contribution in [0, 0.1) is 0 Å². The minimum Gasteiger partial charge on any atom is -0.465 e. The largest absolute Gasteiger partial charge is 0.465 e. The standard InChI is InChI=1S/C18H12F3NO2S/c1-24-17(23)12-7-5-11(6-8-12)16-22-15(10-25-16)13-3-2-4-14(9-13)18(19,20)21/h2-10H,1H3. The quantitative estimate of drug-likeness (QED) is 0.594. The number of thiazole rings is 1. The number of nitrogens with zero attached hydrogens (tertiary/aromatic N) is 1. The minimum atomic E-state index is -4.39. The molecule has 0 saturated carbocycles. The van der Waals surface area contributed by atoms with Crippen molar-refractivity contribution in [2.75, 3.05) is 7.11 Å². The molecule has 0 aliphatic carbocycles. The number of carbonyl (C=O) groups is 1. The van der Waals surface area contributed by atoms with Crippen LogP contribution in [-0.2, 0) is 10.9 Å². The topological polar surface area (TPSA) is 39.2 Å². The van der Waals surface area contributed by atoms with Crippen molar-refractivity contribution < 1.29 is 22.7 Å². The Labute approximate surface area is 145 Å². The fourth-order valence-corrected chi connectivity index (χ4v) is 3.10. The molecular weight excluding hydrogens is 351 g/mol. The van der Waals surface area contributed by atoms with Crippen LogP contribution in [0.15, 0.2) is 53.9 Å². The molecule has 0 amide bonds. The molecule has 0 atom stereocenters. The van der Waals surface area contributed by atoms with E-state index in [1.54, 1.807) is 35.7 Å². The first-order valence-corrected chi connectivity index (χ1v) is 8.08. The Balaban J connectivity index is 1.89. The van der Waals surface area contributed by atoms with E-state index < -0.39 is 17.7 Å². The molecule has 0 aliphatic rings. The Morgan fingerprint density at radius 1 is 1.08 bits per heavy atom. The number of methoxy groups -OCH3 is 1. The van der Waals surface area contributed by atoms with E-state index in [0.717, 1.165) is 17.7 Å². The highest BCUT2D eigenvalue weighted by Gasteiger charge is 2.30. The van der Waals surface area contributed by atoms with Crippen molar-refractivity contribution >= 4 is 17.3 Å². The number of benzene rings is 2. The fraction of sp³-hybridized carbons (Fsp3) is 0.111. The van der Waals surface area contributed by atoms with E-state index in [0.29, 0.717) is 21.8 Å². The van der Waals surface area contributed by atoms with Gasteiger partial charge in [0.2, 0.25) is 0 Å². The molecule has 1 aromatic heterocycles. The Hall–Kier alpha value is -2.67. The molecule has 3 nitrogen and oxygen atoms in total. The number of aromatic nitrogens is 1. The maximum absolute atomic E-state index is 12.8. The predicted octanol–water partition coefficient (Wildman–Crippen LogP) is 5.28. The van der Waals surface area contributed by atoms with Gasteiger partial charge in [-0.3, -0.25) is 0 Å². The Bertz CT molecular complexity index is 901. The SMILES string of the molecule is COC(=O)c1ccc(-c2nc(-c3cccc(C(F)(F)F)c3)cs2)cc1. The maximum Gasteiger partial charge on any atom is 0.416 e. The van der Waals surface area contributed by atoms with Gasteiger partial charge in [0.15, 0.2) is 0 Å². The average molecular weight is 363 g/mol. The van der Waals surface area contributed by atoms with Crippen LogP contribution in [0.2, 0.25) is 0 Å². The van der Waals surface area contributed by atoms with Gasteiger partial charge in [0.25, 0.3) is 0 Å². The first kappa shape index (κ1) is 17.2. The van der Waals surface area contributed by atoms with Gasteiger partial charge in [-0.2, -0.15) is 13.2 Å². The van der Waals surface area contributed by atoms with Gasteiger partial charge >= 0.3 is 12.1 Å². The fourth-order valence-electron chi connectivity index (χ4n) is 2.26. The van der Waals surface area contributed by atoms with Gasteiger partial charge < -0.3 is 4.74 Å². The molecule has 25 heavy (non-hydrogen) atoms. The molecule has 2 aromatic carbocycles. The Morgan fingerprint density at radius 2 is 1.80 bits per heavy atom. The van der Waals surface area contributed by atoms with E-state index in [2.05, 4.69) is 9.72 Å². The van der Waals surface area contributed by atoms with Gasteiger partial charge in [0.1, 0.15) is 5.01 Å². The van der Waals surface area contributed by atoms with Crippen molar-refractivity contribution in [1.29, 1.82) is 0 Å². The van der Waals surface area contributed by atoms with Crippen molar-refractivity contribution in [2.24, 2.45) is 0 Å². The second-order valence-electron chi connectivity index (χ2n) is 5.19. The summed E-state index contributed by atoms with van der Waals surface area (Å²) >= 11 is 1.32. The van der Waals surface area contributed by atoms with Gasteiger partial charge in [-0.15, -0.1) is 11.3 Å². The summed E-state index contributed by atoms with van der Waals surface area (Å²) in [6.07, 6.45) is -4.39. The summed E-state index contributed by atoms with van der Waals surface area (Å²) < 4.78 is 43.1. The van der Waals surface area contributed by atoms with E-state index in [1.165, 1.54) is 24.5 Å². The van der Waals surface area contributed by atoms with Crippen molar-refractivity contribution in [1.82, 2.24) is 4.98 Å². The summed E-state index contributed by atoms with van der Waals surface area (Å²) in [5.74, 6) is -0.435. The molecule has 1 heterocycles. The van der Waals surface area contributed by atoms with E-state index >= 15 is 0 Å². The van der Waals surface area contributed by atoms with E-state index in [9.17, 15) is 18.0 Å². The molecule has 128 valence electrons. The third-order valence-electron chi connectivity index (χ3n) is 3.54.